The molecule has 0 radical (unpaired) electrons. The van der Waals surface area contributed by atoms with E-state index >= 15 is 0 Å². The first-order valence-corrected chi connectivity index (χ1v) is 12.6. The zero-order valence-electron chi connectivity index (χ0n) is 18.9. The molecule has 2 aliphatic rings. The molecule has 32 heavy (non-hydrogen) atoms. The average molecular weight is 450 g/mol. The van der Waals surface area contributed by atoms with E-state index in [4.69, 9.17) is 9.97 Å². The third-order valence-electron chi connectivity index (χ3n) is 6.55. The number of thiophene rings is 1. The van der Waals surface area contributed by atoms with E-state index in [-0.39, 0.29) is 6.03 Å². The molecule has 0 saturated carbocycles. The molecule has 3 aromatic rings. The van der Waals surface area contributed by atoms with Gasteiger partial charge in [0.05, 0.1) is 5.39 Å². The van der Waals surface area contributed by atoms with Gasteiger partial charge in [0.2, 0.25) is 0 Å². The molecule has 0 spiro atoms. The van der Waals surface area contributed by atoms with Gasteiger partial charge in [0.15, 0.2) is 0 Å². The maximum atomic E-state index is 12.7. The number of piperazine rings is 1. The van der Waals surface area contributed by atoms with Crippen LogP contribution in [-0.2, 0) is 19.3 Å². The number of urea groups is 1. The predicted molar refractivity (Wildman–Crippen MR) is 132 cm³/mol. The third kappa shape index (κ3) is 4.18. The van der Waals surface area contributed by atoms with Gasteiger partial charge in [-0.3, -0.25) is 0 Å². The highest BCUT2D eigenvalue weighted by Crippen LogP contribution is 2.41. The van der Waals surface area contributed by atoms with Crippen LogP contribution in [0.5, 0.6) is 0 Å². The van der Waals surface area contributed by atoms with Crippen LogP contribution in [0.2, 0.25) is 0 Å². The molecule has 1 aromatic carbocycles. The number of amides is 2. The molecule has 0 unspecified atom stereocenters. The molecule has 0 bridgehead atoms. The first-order chi connectivity index (χ1) is 15.6. The minimum absolute atomic E-state index is 0.0303. The maximum Gasteiger partial charge on any atom is 0.321 e. The van der Waals surface area contributed by atoms with E-state index in [1.54, 1.807) is 0 Å². The fraction of sp³-hybridized carbons (Fsp3) is 0.480. The lowest BCUT2D eigenvalue weighted by Gasteiger charge is -2.36. The summed E-state index contributed by atoms with van der Waals surface area (Å²) >= 11 is 1.88. The summed E-state index contributed by atoms with van der Waals surface area (Å²) < 4.78 is 0. The number of hydrogen-bond acceptors (Lipinski definition) is 5. The molecule has 7 heteroatoms. The molecule has 1 saturated heterocycles. The highest BCUT2D eigenvalue weighted by molar-refractivity contribution is 7.19. The minimum Gasteiger partial charge on any atom is -0.352 e. The number of carbonyl (C=O) groups excluding carboxylic acids is 1. The smallest absolute Gasteiger partial charge is 0.321 e. The summed E-state index contributed by atoms with van der Waals surface area (Å²) in [7, 11) is 0. The standard InChI is InChI=1S/C25H31N5OS/c1-3-7-21-27-23(22-19-11-10-17(2)16-20(19)32-24(22)28-21)29-12-14-30(15-13-29)25(31)26-18-8-5-4-6-9-18/h4-6,8-9,17H,3,7,10-16H2,1-2H3,(H,26,31)/t17-/m1/s1. The van der Waals surface area contributed by atoms with Gasteiger partial charge in [-0.15, -0.1) is 11.3 Å². The Labute approximate surface area is 193 Å². The van der Waals surface area contributed by atoms with Crippen LogP contribution < -0.4 is 10.2 Å². The van der Waals surface area contributed by atoms with Crippen LogP contribution in [0, 0.1) is 5.92 Å². The zero-order chi connectivity index (χ0) is 22.1. The summed E-state index contributed by atoms with van der Waals surface area (Å²) in [5.41, 5.74) is 2.31. The predicted octanol–water partition coefficient (Wildman–Crippen LogP) is 5.12. The van der Waals surface area contributed by atoms with Gasteiger partial charge in [-0.05, 0) is 49.3 Å². The normalized spacial score (nSPS) is 18.6. The topological polar surface area (TPSA) is 61.4 Å². The van der Waals surface area contributed by atoms with Crippen molar-refractivity contribution >= 4 is 39.1 Å². The number of carbonyl (C=O) groups is 1. The Hall–Kier alpha value is -2.67. The fourth-order valence-corrected chi connectivity index (χ4v) is 6.17. The number of benzene rings is 1. The average Bonchev–Trinajstić information content (AvgIpc) is 3.17. The van der Waals surface area contributed by atoms with Crippen LogP contribution in [0.1, 0.15) is 43.0 Å². The second-order valence-electron chi connectivity index (χ2n) is 9.02. The molecule has 6 nitrogen and oxygen atoms in total. The van der Waals surface area contributed by atoms with Crippen LogP contribution in [0.25, 0.3) is 10.2 Å². The van der Waals surface area contributed by atoms with Crippen molar-refractivity contribution < 1.29 is 4.79 Å². The lowest BCUT2D eigenvalue weighted by Crippen LogP contribution is -2.50. The number of nitrogens with zero attached hydrogens (tertiary/aromatic N) is 4. The molecule has 1 fully saturated rings. The molecule has 1 N–H and O–H groups in total. The van der Waals surface area contributed by atoms with E-state index in [0.717, 1.165) is 66.9 Å². The van der Waals surface area contributed by atoms with Gasteiger partial charge < -0.3 is 15.1 Å². The molecule has 2 amide bonds. The first kappa shape index (κ1) is 21.2. The van der Waals surface area contributed by atoms with Gasteiger partial charge >= 0.3 is 6.03 Å². The molecular weight excluding hydrogens is 418 g/mol. The van der Waals surface area contributed by atoms with Crippen molar-refractivity contribution in [3.05, 3.63) is 46.6 Å². The molecular formula is C25H31N5OS. The Morgan fingerprint density at radius 3 is 2.69 bits per heavy atom. The highest BCUT2D eigenvalue weighted by atomic mass is 32.1. The van der Waals surface area contributed by atoms with Crippen molar-refractivity contribution in [1.29, 1.82) is 0 Å². The van der Waals surface area contributed by atoms with Crippen molar-refractivity contribution in [1.82, 2.24) is 14.9 Å². The summed E-state index contributed by atoms with van der Waals surface area (Å²) in [6.45, 7) is 7.50. The van der Waals surface area contributed by atoms with Gasteiger partial charge in [-0.2, -0.15) is 0 Å². The lowest BCUT2D eigenvalue weighted by atomic mass is 9.89. The van der Waals surface area contributed by atoms with Gasteiger partial charge in [0, 0.05) is 43.2 Å². The second kappa shape index (κ2) is 9.06. The van der Waals surface area contributed by atoms with Crippen LogP contribution >= 0.6 is 11.3 Å². The summed E-state index contributed by atoms with van der Waals surface area (Å²) in [4.78, 5) is 29.7. The van der Waals surface area contributed by atoms with Crippen molar-refractivity contribution in [2.75, 3.05) is 36.4 Å². The summed E-state index contributed by atoms with van der Waals surface area (Å²) in [6, 6.07) is 9.63. The molecule has 168 valence electrons. The van der Waals surface area contributed by atoms with Gasteiger partial charge in [0.1, 0.15) is 16.5 Å². The van der Waals surface area contributed by atoms with E-state index in [0.29, 0.717) is 13.1 Å². The Balaban J connectivity index is 1.38. The number of anilines is 2. The Morgan fingerprint density at radius 2 is 1.94 bits per heavy atom. The molecule has 1 aliphatic heterocycles. The lowest BCUT2D eigenvalue weighted by molar-refractivity contribution is 0.208. The molecule has 5 rings (SSSR count). The van der Waals surface area contributed by atoms with Gasteiger partial charge in [0.25, 0.3) is 0 Å². The maximum absolute atomic E-state index is 12.7. The van der Waals surface area contributed by atoms with Crippen molar-refractivity contribution in [2.24, 2.45) is 5.92 Å². The van der Waals surface area contributed by atoms with E-state index < -0.39 is 0 Å². The Morgan fingerprint density at radius 1 is 1.16 bits per heavy atom. The number of para-hydroxylation sites is 1. The molecule has 1 aliphatic carbocycles. The van der Waals surface area contributed by atoms with Crippen molar-refractivity contribution in [3.8, 4) is 0 Å². The van der Waals surface area contributed by atoms with Crippen LogP contribution in [-0.4, -0.2) is 47.1 Å². The van der Waals surface area contributed by atoms with Crippen LogP contribution in [0.15, 0.2) is 30.3 Å². The molecule has 3 heterocycles. The number of aryl methyl sites for hydroxylation is 2. The molecule has 2 aromatic heterocycles. The number of rotatable bonds is 4. The number of nitrogens with one attached hydrogen (secondary N) is 1. The van der Waals surface area contributed by atoms with Crippen LogP contribution in [0.4, 0.5) is 16.3 Å². The third-order valence-corrected chi connectivity index (χ3v) is 7.70. The highest BCUT2D eigenvalue weighted by Gasteiger charge is 2.28. The van der Waals surface area contributed by atoms with Crippen molar-refractivity contribution in [3.63, 3.8) is 0 Å². The first-order valence-electron chi connectivity index (χ1n) is 11.8. The summed E-state index contributed by atoms with van der Waals surface area (Å²) in [6.07, 6.45) is 5.47. The quantitative estimate of drug-likeness (QED) is 0.600. The number of fused-ring (bicyclic) bond motifs is 3. The van der Waals surface area contributed by atoms with E-state index in [1.165, 1.54) is 22.2 Å². The number of hydrogen-bond donors (Lipinski definition) is 1. The Bertz CT molecular complexity index is 1100. The van der Waals surface area contributed by atoms with Gasteiger partial charge in [-0.1, -0.05) is 32.0 Å². The van der Waals surface area contributed by atoms with Crippen molar-refractivity contribution in [2.45, 2.75) is 46.0 Å². The minimum atomic E-state index is -0.0303. The van der Waals surface area contributed by atoms with E-state index in [1.807, 2.05) is 46.6 Å². The monoisotopic (exact) mass is 449 g/mol. The largest absolute Gasteiger partial charge is 0.352 e. The zero-order valence-corrected chi connectivity index (χ0v) is 19.7. The van der Waals surface area contributed by atoms with Crippen LogP contribution in [0.3, 0.4) is 0 Å². The SMILES string of the molecule is CCCc1nc(N2CCN(C(=O)Nc3ccccc3)CC2)c2c3c(sc2n1)C[C@H](C)CC3. The Kier molecular flexibility index (Phi) is 6.00. The number of aromatic nitrogens is 2. The van der Waals surface area contributed by atoms with Gasteiger partial charge in [-0.25, -0.2) is 14.8 Å². The second-order valence-corrected chi connectivity index (χ2v) is 10.1. The fourth-order valence-electron chi connectivity index (χ4n) is 4.78. The summed E-state index contributed by atoms with van der Waals surface area (Å²) in [5.74, 6) is 2.79. The molecule has 1 atom stereocenters. The van der Waals surface area contributed by atoms with E-state index in [2.05, 4.69) is 24.1 Å². The van der Waals surface area contributed by atoms with E-state index in [9.17, 15) is 4.79 Å². The summed E-state index contributed by atoms with van der Waals surface area (Å²) in [5, 5.41) is 4.28.